The summed E-state index contributed by atoms with van der Waals surface area (Å²) in [5.41, 5.74) is 5.36. The zero-order valence-electron chi connectivity index (χ0n) is 26.1. The lowest BCUT2D eigenvalue weighted by Gasteiger charge is -2.36. The van der Waals surface area contributed by atoms with Crippen LogP contribution in [0, 0.1) is 0 Å². The number of rotatable bonds is 20. The van der Waals surface area contributed by atoms with Gasteiger partial charge in [-0.05, 0) is 19.3 Å². The summed E-state index contributed by atoms with van der Waals surface area (Å²) < 4.78 is 0. The first kappa shape index (κ1) is 40.1. The maximum absolute atomic E-state index is 13.0. The first-order valence-electron chi connectivity index (χ1n) is 15.1. The van der Waals surface area contributed by atoms with Crippen molar-refractivity contribution in [1.82, 2.24) is 35.6 Å². The normalized spacial score (nSPS) is 17.4. The van der Waals surface area contributed by atoms with Crippen molar-refractivity contribution >= 4 is 41.9 Å². The van der Waals surface area contributed by atoms with Gasteiger partial charge in [-0.3, -0.25) is 53.7 Å². The predicted octanol–water partition coefficient (Wildman–Crippen LogP) is -3.59. The van der Waals surface area contributed by atoms with Crippen LogP contribution in [0.4, 0.5) is 0 Å². The summed E-state index contributed by atoms with van der Waals surface area (Å²) in [6.45, 7) is 3.79. The van der Waals surface area contributed by atoms with Gasteiger partial charge in [0, 0.05) is 58.9 Å². The molecule has 0 radical (unpaired) electrons. The number of carbonyl (C=O) groups is 7. The summed E-state index contributed by atoms with van der Waals surface area (Å²) >= 11 is 0. The fourth-order valence-corrected chi connectivity index (χ4v) is 4.74. The molecule has 8 N–H and O–H groups in total. The van der Waals surface area contributed by atoms with Crippen molar-refractivity contribution in [2.75, 3.05) is 85.1 Å². The lowest BCUT2D eigenvalue weighted by Crippen LogP contribution is -2.59. The lowest BCUT2D eigenvalue weighted by molar-refractivity contribution is -0.140. The van der Waals surface area contributed by atoms with Gasteiger partial charge in [0.25, 0.3) is 0 Å². The molecule has 18 nitrogen and oxygen atoms in total. The number of nitrogens with one attached hydrogen (secondary N) is 3. The highest BCUT2D eigenvalue weighted by Crippen LogP contribution is 2.05. The van der Waals surface area contributed by atoms with Crippen LogP contribution < -0.4 is 21.7 Å². The van der Waals surface area contributed by atoms with Crippen LogP contribution >= 0.6 is 0 Å². The Kier molecular flexibility index (Phi) is 19.6. The van der Waals surface area contributed by atoms with E-state index in [1.807, 2.05) is 0 Å². The van der Waals surface area contributed by atoms with E-state index in [1.54, 1.807) is 25.7 Å². The molecule has 0 aromatic heterocycles. The molecule has 260 valence electrons. The van der Waals surface area contributed by atoms with Crippen LogP contribution in [-0.2, 0) is 33.6 Å². The molecule has 0 aliphatic carbocycles. The quantitative estimate of drug-likeness (QED) is 0.0380. The third-order valence-corrected chi connectivity index (χ3v) is 7.14. The average Bonchev–Trinajstić information content (AvgIpc) is 2.97. The highest BCUT2D eigenvalue weighted by Gasteiger charge is 2.29. The van der Waals surface area contributed by atoms with Gasteiger partial charge in [0.15, 0.2) is 6.29 Å². The lowest BCUT2D eigenvalue weighted by atomic mass is 10.1. The molecule has 1 heterocycles. The molecule has 0 bridgehead atoms. The van der Waals surface area contributed by atoms with Crippen LogP contribution in [0.15, 0.2) is 12.7 Å². The Labute approximate surface area is 267 Å². The van der Waals surface area contributed by atoms with Crippen molar-refractivity contribution in [1.29, 1.82) is 0 Å². The summed E-state index contributed by atoms with van der Waals surface area (Å²) in [7, 11) is 0. The second-order valence-electron chi connectivity index (χ2n) is 10.9. The summed E-state index contributed by atoms with van der Waals surface area (Å²) in [6, 6.07) is -1.30. The first-order valence-corrected chi connectivity index (χ1v) is 15.1. The predicted molar refractivity (Wildman–Crippen MR) is 164 cm³/mol. The van der Waals surface area contributed by atoms with E-state index >= 15 is 0 Å². The smallest absolute Gasteiger partial charge is 0.317 e. The van der Waals surface area contributed by atoms with Gasteiger partial charge in [-0.25, -0.2) is 0 Å². The minimum absolute atomic E-state index is 0.0860. The van der Waals surface area contributed by atoms with Crippen molar-refractivity contribution in [3.63, 3.8) is 0 Å². The standard InChI is InChI=1S/C28H48N8O10/c1-2-3-4-5-6-30-24(39)16-31-28(46)21(15-22(29)38)32-23(20-37)36-13-11-34(18-26(42)43)9-7-33(17-25(40)41)8-10-35(12-14-36)19-27(44)45/h2,20-21,23,32H,1,3-19H2,(H2,29,38)(H,30,39)(H,31,46)(H,40,41)(H,42,43)(H,44,45)/t21-,23?/m1/s1. The largest absolute Gasteiger partial charge is 0.480 e. The van der Waals surface area contributed by atoms with E-state index in [9.17, 15) is 48.9 Å². The third kappa shape index (κ3) is 18.1. The Bertz CT molecular complexity index is 1010. The van der Waals surface area contributed by atoms with Crippen LogP contribution in [0.3, 0.4) is 0 Å². The number of unbranched alkanes of at least 4 members (excludes halogenated alkanes) is 2. The van der Waals surface area contributed by atoms with E-state index in [0.717, 1.165) is 19.3 Å². The summed E-state index contributed by atoms with van der Waals surface area (Å²) in [5, 5.41) is 36.1. The summed E-state index contributed by atoms with van der Waals surface area (Å²) in [4.78, 5) is 90.1. The van der Waals surface area contributed by atoms with Gasteiger partial charge in [0.05, 0.1) is 38.6 Å². The summed E-state index contributed by atoms with van der Waals surface area (Å²) in [5.74, 6) is -5.34. The Hall–Kier alpha value is -3.97. The molecule has 2 atom stereocenters. The molecule has 1 saturated heterocycles. The minimum atomic E-state index is -1.30. The topological polar surface area (TPSA) is 255 Å². The first-order chi connectivity index (χ1) is 21.8. The van der Waals surface area contributed by atoms with Crippen molar-refractivity contribution in [3.05, 3.63) is 12.7 Å². The number of primary amides is 1. The highest BCUT2D eigenvalue weighted by atomic mass is 16.4. The number of hydrogen-bond acceptors (Lipinski definition) is 12. The van der Waals surface area contributed by atoms with Crippen molar-refractivity contribution in [2.45, 2.75) is 37.9 Å². The molecule has 0 saturated carbocycles. The monoisotopic (exact) mass is 656 g/mol. The number of aliphatic carboxylic acids is 3. The Morgan fingerprint density at radius 3 is 1.65 bits per heavy atom. The molecule has 0 spiro atoms. The number of hydrogen-bond donors (Lipinski definition) is 7. The average molecular weight is 657 g/mol. The molecule has 3 amide bonds. The molecular formula is C28H48N8O10. The number of carbonyl (C=O) groups excluding carboxylic acids is 4. The fourth-order valence-electron chi connectivity index (χ4n) is 4.74. The van der Waals surface area contributed by atoms with Gasteiger partial charge >= 0.3 is 17.9 Å². The Morgan fingerprint density at radius 2 is 1.24 bits per heavy atom. The molecule has 1 rings (SSSR count). The third-order valence-electron chi connectivity index (χ3n) is 7.14. The summed E-state index contributed by atoms with van der Waals surface area (Å²) in [6.07, 6.45) is 2.97. The maximum atomic E-state index is 13.0. The Morgan fingerprint density at radius 1 is 0.761 bits per heavy atom. The van der Waals surface area contributed by atoms with E-state index in [1.165, 1.54) is 0 Å². The zero-order valence-corrected chi connectivity index (χ0v) is 26.1. The molecule has 1 unspecified atom stereocenters. The molecule has 0 aromatic rings. The fraction of sp³-hybridized carbons (Fsp3) is 0.679. The van der Waals surface area contributed by atoms with E-state index in [2.05, 4.69) is 22.5 Å². The zero-order chi connectivity index (χ0) is 34.5. The number of nitrogens with two attached hydrogens (primary N) is 1. The SMILES string of the molecule is C=CCCCCNC(=O)CNC(=O)[C@@H](CC(N)=O)NC(C=O)N1CCN(CC(=O)O)CCN(CC(=O)O)CCN(CC(=O)O)CC1. The van der Waals surface area contributed by atoms with E-state index in [4.69, 9.17) is 5.73 Å². The number of aldehydes is 1. The van der Waals surface area contributed by atoms with E-state index in [0.29, 0.717) is 12.8 Å². The molecule has 1 fully saturated rings. The van der Waals surface area contributed by atoms with Crippen LogP contribution in [0.1, 0.15) is 25.7 Å². The number of amides is 3. The second-order valence-corrected chi connectivity index (χ2v) is 10.9. The minimum Gasteiger partial charge on any atom is -0.480 e. The van der Waals surface area contributed by atoms with Gasteiger partial charge in [-0.2, -0.15) is 0 Å². The van der Waals surface area contributed by atoms with Crippen LogP contribution in [0.5, 0.6) is 0 Å². The van der Waals surface area contributed by atoms with E-state index < -0.39 is 54.3 Å². The van der Waals surface area contributed by atoms with Crippen molar-refractivity contribution in [2.24, 2.45) is 5.73 Å². The number of carboxylic acid groups (broad SMARTS) is 3. The van der Waals surface area contributed by atoms with Gasteiger partial charge in [-0.1, -0.05) is 6.08 Å². The van der Waals surface area contributed by atoms with E-state index in [-0.39, 0.29) is 78.5 Å². The van der Waals surface area contributed by atoms with Crippen molar-refractivity contribution in [3.8, 4) is 0 Å². The second kappa shape index (κ2) is 22.5. The van der Waals surface area contributed by atoms with Gasteiger partial charge in [0.1, 0.15) is 6.17 Å². The van der Waals surface area contributed by atoms with Crippen LogP contribution in [0.25, 0.3) is 0 Å². The van der Waals surface area contributed by atoms with Crippen molar-refractivity contribution < 1.29 is 48.9 Å². The van der Waals surface area contributed by atoms with Gasteiger partial charge < -0.3 is 36.5 Å². The number of nitrogens with zero attached hydrogens (tertiary/aromatic N) is 4. The molecule has 18 heteroatoms. The maximum Gasteiger partial charge on any atom is 0.317 e. The molecule has 0 aromatic carbocycles. The van der Waals surface area contributed by atoms with Crippen LogP contribution in [-0.4, -0.2) is 174 Å². The number of carboxylic acids is 3. The van der Waals surface area contributed by atoms with Gasteiger partial charge in [0.2, 0.25) is 17.7 Å². The molecule has 46 heavy (non-hydrogen) atoms. The van der Waals surface area contributed by atoms with Gasteiger partial charge in [-0.15, -0.1) is 6.58 Å². The Balaban J connectivity index is 3.10. The van der Waals surface area contributed by atoms with Crippen LogP contribution in [0.2, 0.25) is 0 Å². The number of allylic oxidation sites excluding steroid dienone is 1. The highest BCUT2D eigenvalue weighted by molar-refractivity contribution is 5.90. The molecular weight excluding hydrogens is 608 g/mol. The molecule has 1 aliphatic heterocycles. The molecule has 1 aliphatic rings.